The third-order valence-corrected chi connectivity index (χ3v) is 6.22. The summed E-state index contributed by atoms with van der Waals surface area (Å²) in [5, 5.41) is 0. The van der Waals surface area contributed by atoms with Crippen LogP contribution in [0.5, 0.6) is 11.5 Å². The van der Waals surface area contributed by atoms with Crippen LogP contribution >= 0.6 is 0 Å². The number of carbonyl (C=O) groups excluding carboxylic acids is 2. The van der Waals surface area contributed by atoms with Crippen molar-refractivity contribution in [3.8, 4) is 11.5 Å². The van der Waals surface area contributed by atoms with Gasteiger partial charge in [0.25, 0.3) is 5.91 Å². The number of para-hydroxylation sites is 1. The zero-order valence-electron chi connectivity index (χ0n) is 16.5. The minimum atomic E-state index is -0.548. The van der Waals surface area contributed by atoms with Crippen molar-refractivity contribution < 1.29 is 33.3 Å². The summed E-state index contributed by atoms with van der Waals surface area (Å²) in [4.78, 5) is 29.0. The Bertz CT molecular complexity index is 990. The molecule has 0 unspecified atom stereocenters. The quantitative estimate of drug-likeness (QED) is 0.643. The van der Waals surface area contributed by atoms with Gasteiger partial charge in [-0.05, 0) is 30.3 Å². The molecule has 0 aromatic heterocycles. The van der Waals surface area contributed by atoms with Crippen molar-refractivity contribution in [2.45, 2.75) is 19.0 Å². The molecule has 3 aliphatic heterocycles. The van der Waals surface area contributed by atoms with E-state index in [0.717, 1.165) is 54.0 Å². The normalized spacial score (nSPS) is 25.8. The summed E-state index contributed by atoms with van der Waals surface area (Å²) >= 11 is 0. The first-order valence-electron chi connectivity index (χ1n) is 10.3. The first kappa shape index (κ1) is 19.0. The fourth-order valence-electron chi connectivity index (χ4n) is 4.63. The van der Waals surface area contributed by atoms with Crippen molar-refractivity contribution >= 4 is 17.5 Å². The van der Waals surface area contributed by atoms with Gasteiger partial charge < -0.3 is 19.3 Å². The molecule has 7 nitrogen and oxygen atoms in total. The predicted molar refractivity (Wildman–Crippen MR) is 105 cm³/mol. The number of benzene rings is 2. The van der Waals surface area contributed by atoms with Crippen LogP contribution in [0.4, 0.5) is 10.1 Å². The first-order chi connectivity index (χ1) is 14.6. The minimum Gasteiger partial charge on any atom is -0.454 e. The van der Waals surface area contributed by atoms with E-state index < -0.39 is 11.9 Å². The number of anilines is 1. The summed E-state index contributed by atoms with van der Waals surface area (Å²) in [6.07, 6.45) is 0.139. The lowest BCUT2D eigenvalue weighted by atomic mass is 10.1. The molecule has 0 bridgehead atoms. The third kappa shape index (κ3) is 3.42. The number of hydrogen-bond acceptors (Lipinski definition) is 4. The number of carbonyl (C=O) groups is 2. The van der Waals surface area contributed by atoms with E-state index in [0.29, 0.717) is 0 Å². The number of quaternary nitrogens is 2. The summed E-state index contributed by atoms with van der Waals surface area (Å²) < 4.78 is 24.9. The molecule has 3 heterocycles. The molecule has 1 atom stereocenters. The predicted octanol–water partition coefficient (Wildman–Crippen LogP) is -0.830. The van der Waals surface area contributed by atoms with Crippen molar-refractivity contribution in [1.29, 1.82) is 0 Å². The van der Waals surface area contributed by atoms with Crippen LogP contribution in [0.2, 0.25) is 0 Å². The average Bonchev–Trinajstić information content (AvgIpc) is 3.33. The van der Waals surface area contributed by atoms with E-state index >= 15 is 0 Å². The summed E-state index contributed by atoms with van der Waals surface area (Å²) in [5.41, 5.74) is 1.25. The number of ether oxygens (including phenoxy) is 2. The summed E-state index contributed by atoms with van der Waals surface area (Å²) in [7, 11) is 0. The number of imide groups is 1. The second-order valence-electron chi connectivity index (χ2n) is 8.05. The van der Waals surface area contributed by atoms with Crippen LogP contribution in [0.1, 0.15) is 12.0 Å². The van der Waals surface area contributed by atoms with Gasteiger partial charge in [0.05, 0.1) is 12.1 Å². The molecule has 2 saturated heterocycles. The second-order valence-corrected chi connectivity index (χ2v) is 8.05. The van der Waals surface area contributed by atoms with Crippen LogP contribution in [0, 0.1) is 5.82 Å². The van der Waals surface area contributed by atoms with Gasteiger partial charge in [-0.25, -0.2) is 9.29 Å². The fraction of sp³-hybridized carbons (Fsp3) is 0.364. The van der Waals surface area contributed by atoms with Crippen molar-refractivity contribution in [1.82, 2.24) is 0 Å². The second kappa shape index (κ2) is 7.70. The number of halogens is 1. The molecule has 2 aromatic rings. The van der Waals surface area contributed by atoms with Crippen LogP contribution < -0.4 is 24.2 Å². The molecule has 0 saturated carbocycles. The number of nitrogens with zero attached hydrogens (tertiary/aromatic N) is 1. The lowest BCUT2D eigenvalue weighted by molar-refractivity contribution is -1.02. The molecule has 2 amide bonds. The molecule has 0 aliphatic carbocycles. The molecule has 2 fully saturated rings. The van der Waals surface area contributed by atoms with E-state index in [9.17, 15) is 14.0 Å². The van der Waals surface area contributed by atoms with Gasteiger partial charge in [-0.3, -0.25) is 9.59 Å². The highest BCUT2D eigenvalue weighted by molar-refractivity contribution is 6.21. The summed E-state index contributed by atoms with van der Waals surface area (Å²) in [5.74, 6) is 0.413. The Morgan fingerprint density at radius 3 is 2.57 bits per heavy atom. The Morgan fingerprint density at radius 2 is 1.77 bits per heavy atom. The molecule has 156 valence electrons. The van der Waals surface area contributed by atoms with Gasteiger partial charge >= 0.3 is 0 Å². The van der Waals surface area contributed by atoms with Crippen LogP contribution in [-0.4, -0.2) is 50.8 Å². The first-order valence-corrected chi connectivity index (χ1v) is 10.3. The molecule has 5 rings (SSSR count). The Morgan fingerprint density at radius 1 is 1.00 bits per heavy atom. The lowest BCUT2D eigenvalue weighted by Gasteiger charge is -2.32. The highest BCUT2D eigenvalue weighted by Crippen LogP contribution is 2.32. The Labute approximate surface area is 173 Å². The zero-order chi connectivity index (χ0) is 20.7. The van der Waals surface area contributed by atoms with Crippen LogP contribution in [-0.2, 0) is 16.1 Å². The standard InChI is InChI=1S/C22H22FN3O4/c23-16-3-1-2-4-17(16)26-21(27)12-18(22(26)28)25-9-7-24(8-10-25)13-15-5-6-19-20(11-15)30-14-29-19/h1-6,11,18H,7-10,12-14H2/p+2/t18-/m1/s1. The van der Waals surface area contributed by atoms with Crippen LogP contribution in [0.25, 0.3) is 0 Å². The van der Waals surface area contributed by atoms with Gasteiger partial charge in [-0.2, -0.15) is 0 Å². The fourth-order valence-corrected chi connectivity index (χ4v) is 4.63. The molecule has 8 heteroatoms. The van der Waals surface area contributed by atoms with Crippen molar-refractivity contribution in [2.24, 2.45) is 0 Å². The maximum Gasteiger partial charge on any atom is 0.292 e. The van der Waals surface area contributed by atoms with Gasteiger partial charge in [0.1, 0.15) is 38.5 Å². The summed E-state index contributed by atoms with van der Waals surface area (Å²) in [6.45, 7) is 4.56. The average molecular weight is 413 g/mol. The monoisotopic (exact) mass is 413 g/mol. The van der Waals surface area contributed by atoms with Gasteiger partial charge in [-0.15, -0.1) is 0 Å². The zero-order valence-corrected chi connectivity index (χ0v) is 16.5. The van der Waals surface area contributed by atoms with Gasteiger partial charge in [-0.1, -0.05) is 12.1 Å². The highest BCUT2D eigenvalue weighted by Gasteiger charge is 2.47. The Kier molecular flexibility index (Phi) is 4.88. The van der Waals surface area contributed by atoms with Gasteiger partial charge in [0.2, 0.25) is 12.7 Å². The van der Waals surface area contributed by atoms with Crippen LogP contribution in [0.15, 0.2) is 42.5 Å². The van der Waals surface area contributed by atoms with E-state index in [1.807, 2.05) is 12.1 Å². The SMILES string of the molecule is O=C1C[C@@H]([NH+]2CC[NH+](Cc3ccc4c(c3)OCO4)CC2)C(=O)N1c1ccccc1F. The number of piperazine rings is 1. The van der Waals surface area contributed by atoms with Gasteiger partial charge in [0.15, 0.2) is 17.5 Å². The highest BCUT2D eigenvalue weighted by atomic mass is 19.1. The maximum atomic E-state index is 14.1. The number of hydrogen-bond donors (Lipinski definition) is 2. The van der Waals surface area contributed by atoms with E-state index in [1.165, 1.54) is 22.6 Å². The lowest BCUT2D eigenvalue weighted by Crippen LogP contribution is -3.29. The number of nitrogens with one attached hydrogen (secondary N) is 2. The number of amides is 2. The van der Waals surface area contributed by atoms with Crippen molar-refractivity contribution in [3.05, 3.63) is 53.8 Å². The van der Waals surface area contributed by atoms with E-state index in [2.05, 4.69) is 6.07 Å². The smallest absolute Gasteiger partial charge is 0.292 e. The molecule has 0 radical (unpaired) electrons. The molecule has 0 spiro atoms. The molecule has 2 aromatic carbocycles. The van der Waals surface area contributed by atoms with Crippen molar-refractivity contribution in [2.75, 3.05) is 37.9 Å². The molecule has 3 aliphatic rings. The largest absolute Gasteiger partial charge is 0.454 e. The molecular weight excluding hydrogens is 389 g/mol. The van der Waals surface area contributed by atoms with Crippen molar-refractivity contribution in [3.63, 3.8) is 0 Å². The molecule has 2 N–H and O–H groups in total. The third-order valence-electron chi connectivity index (χ3n) is 6.22. The topological polar surface area (TPSA) is 64.7 Å². The summed E-state index contributed by atoms with van der Waals surface area (Å²) in [6, 6.07) is 11.5. The van der Waals surface area contributed by atoms with Crippen LogP contribution in [0.3, 0.4) is 0 Å². The van der Waals surface area contributed by atoms with E-state index in [1.54, 1.807) is 12.1 Å². The Balaban J connectivity index is 1.21. The van der Waals surface area contributed by atoms with Gasteiger partial charge in [0, 0.05) is 5.56 Å². The Hall–Kier alpha value is -2.97. The number of rotatable bonds is 4. The van der Waals surface area contributed by atoms with E-state index in [-0.39, 0.29) is 30.7 Å². The maximum absolute atomic E-state index is 14.1. The molecular formula is C22H24FN3O4+2. The number of fused-ring (bicyclic) bond motifs is 1. The van der Waals surface area contributed by atoms with E-state index in [4.69, 9.17) is 9.47 Å². The molecule has 30 heavy (non-hydrogen) atoms. The minimum absolute atomic E-state index is 0.0569.